The molecule has 0 aliphatic carbocycles. The van der Waals surface area contributed by atoms with Gasteiger partial charge in [-0.15, -0.1) is 11.3 Å². The van der Waals surface area contributed by atoms with Crippen molar-refractivity contribution in [3.63, 3.8) is 0 Å². The van der Waals surface area contributed by atoms with Crippen LogP contribution in [-0.4, -0.2) is 7.05 Å². The number of hydrogen-bond donors (Lipinski definition) is 1. The van der Waals surface area contributed by atoms with Crippen molar-refractivity contribution >= 4 is 22.9 Å². The van der Waals surface area contributed by atoms with E-state index in [4.69, 9.17) is 11.6 Å². The highest BCUT2D eigenvalue weighted by atomic mass is 35.5. The Morgan fingerprint density at radius 3 is 2.82 bits per heavy atom. The zero-order chi connectivity index (χ0) is 12.3. The van der Waals surface area contributed by atoms with Crippen molar-refractivity contribution in [1.29, 1.82) is 0 Å². The van der Waals surface area contributed by atoms with E-state index in [0.717, 1.165) is 12.0 Å². The van der Waals surface area contributed by atoms with E-state index in [9.17, 15) is 4.39 Å². The minimum Gasteiger partial charge on any atom is -0.312 e. The van der Waals surface area contributed by atoms with Crippen LogP contribution in [0.2, 0.25) is 5.02 Å². The monoisotopic (exact) mass is 269 g/mol. The third-order valence-electron chi connectivity index (χ3n) is 2.67. The maximum Gasteiger partial charge on any atom is 0.124 e. The van der Waals surface area contributed by atoms with E-state index in [1.54, 1.807) is 17.4 Å². The molecular formula is C13H13ClFNS. The van der Waals surface area contributed by atoms with Crippen LogP contribution in [0.5, 0.6) is 0 Å². The molecule has 1 aromatic carbocycles. The molecule has 4 heteroatoms. The summed E-state index contributed by atoms with van der Waals surface area (Å²) in [5.74, 6) is -0.295. The molecule has 1 atom stereocenters. The Hall–Kier alpha value is -0.900. The molecule has 0 bridgehead atoms. The molecule has 1 heterocycles. The molecule has 0 aliphatic heterocycles. The van der Waals surface area contributed by atoms with Crippen molar-refractivity contribution in [3.05, 3.63) is 57.0 Å². The molecule has 0 radical (unpaired) electrons. The number of halogens is 2. The normalized spacial score (nSPS) is 12.6. The fraction of sp³-hybridized carbons (Fsp3) is 0.231. The van der Waals surface area contributed by atoms with Crippen LogP contribution in [0.15, 0.2) is 35.7 Å². The fourth-order valence-corrected chi connectivity index (χ4v) is 2.82. The predicted molar refractivity (Wildman–Crippen MR) is 71.2 cm³/mol. The van der Waals surface area contributed by atoms with Crippen LogP contribution in [0.25, 0.3) is 0 Å². The second-order valence-corrected chi connectivity index (χ2v) is 5.18. The van der Waals surface area contributed by atoms with Gasteiger partial charge in [0, 0.05) is 15.9 Å². The number of thiophene rings is 1. The zero-order valence-electron chi connectivity index (χ0n) is 9.41. The molecule has 0 saturated carbocycles. The van der Waals surface area contributed by atoms with Gasteiger partial charge in [0.05, 0.1) is 0 Å². The lowest BCUT2D eigenvalue weighted by molar-refractivity contribution is 0.598. The first-order valence-electron chi connectivity index (χ1n) is 5.35. The van der Waals surface area contributed by atoms with Crippen LogP contribution in [-0.2, 0) is 6.42 Å². The maximum atomic E-state index is 12.9. The van der Waals surface area contributed by atoms with E-state index in [2.05, 4.69) is 11.4 Å². The van der Waals surface area contributed by atoms with Crippen molar-refractivity contribution in [2.75, 3.05) is 7.05 Å². The molecule has 1 N–H and O–H groups in total. The Kier molecular flexibility index (Phi) is 4.15. The zero-order valence-corrected chi connectivity index (χ0v) is 11.0. The summed E-state index contributed by atoms with van der Waals surface area (Å²) in [6.45, 7) is 0. The molecule has 0 aliphatic rings. The second kappa shape index (κ2) is 5.63. The standard InChI is InChI=1S/C13H13ClFNS/c1-16-12(13-3-2-6-17-13)7-9-4-5-10(15)8-11(9)14/h2-6,8,12,16H,7H2,1H3. The molecule has 1 aromatic heterocycles. The summed E-state index contributed by atoms with van der Waals surface area (Å²) >= 11 is 7.73. The maximum absolute atomic E-state index is 12.9. The summed E-state index contributed by atoms with van der Waals surface area (Å²) in [6, 6.07) is 8.88. The lowest BCUT2D eigenvalue weighted by Crippen LogP contribution is -2.17. The minimum atomic E-state index is -0.295. The van der Waals surface area contributed by atoms with Gasteiger partial charge >= 0.3 is 0 Å². The summed E-state index contributed by atoms with van der Waals surface area (Å²) in [6.07, 6.45) is 0.760. The van der Waals surface area contributed by atoms with Crippen molar-refractivity contribution in [2.24, 2.45) is 0 Å². The number of rotatable bonds is 4. The number of likely N-dealkylation sites (N-methyl/N-ethyl adjacent to an activating group) is 1. The SMILES string of the molecule is CNC(Cc1ccc(F)cc1Cl)c1cccs1. The Balaban J connectivity index is 2.19. The quantitative estimate of drug-likeness (QED) is 0.883. The summed E-state index contributed by atoms with van der Waals surface area (Å²) in [5, 5.41) is 5.79. The number of benzene rings is 1. The lowest BCUT2D eigenvalue weighted by Gasteiger charge is -2.15. The van der Waals surface area contributed by atoms with Gasteiger partial charge in [0.2, 0.25) is 0 Å². The van der Waals surface area contributed by atoms with Crippen LogP contribution < -0.4 is 5.32 Å². The van der Waals surface area contributed by atoms with Crippen molar-refractivity contribution in [2.45, 2.75) is 12.5 Å². The van der Waals surface area contributed by atoms with E-state index in [-0.39, 0.29) is 11.9 Å². The highest BCUT2D eigenvalue weighted by Gasteiger charge is 2.13. The summed E-state index contributed by atoms with van der Waals surface area (Å²) in [4.78, 5) is 1.26. The van der Waals surface area contributed by atoms with Gasteiger partial charge in [-0.3, -0.25) is 0 Å². The third kappa shape index (κ3) is 3.06. The average Bonchev–Trinajstić information content (AvgIpc) is 2.81. The molecular weight excluding hydrogens is 257 g/mol. The van der Waals surface area contributed by atoms with Crippen molar-refractivity contribution in [1.82, 2.24) is 5.32 Å². The van der Waals surface area contributed by atoms with Gasteiger partial charge in [-0.05, 0) is 42.6 Å². The molecule has 0 spiro atoms. The molecule has 90 valence electrons. The first-order valence-corrected chi connectivity index (χ1v) is 6.61. The van der Waals surface area contributed by atoms with Gasteiger partial charge < -0.3 is 5.32 Å². The molecule has 2 aromatic rings. The van der Waals surface area contributed by atoms with E-state index in [1.807, 2.05) is 18.5 Å². The van der Waals surface area contributed by atoms with E-state index in [1.165, 1.54) is 17.0 Å². The van der Waals surface area contributed by atoms with Crippen LogP contribution in [0.4, 0.5) is 4.39 Å². The van der Waals surface area contributed by atoms with Crippen molar-refractivity contribution in [3.8, 4) is 0 Å². The van der Waals surface area contributed by atoms with Crippen LogP contribution in [0.3, 0.4) is 0 Å². The minimum absolute atomic E-state index is 0.220. The fourth-order valence-electron chi connectivity index (χ4n) is 1.74. The highest BCUT2D eigenvalue weighted by molar-refractivity contribution is 7.10. The summed E-state index contributed by atoms with van der Waals surface area (Å²) < 4.78 is 12.9. The van der Waals surface area contributed by atoms with Gasteiger partial charge in [-0.2, -0.15) is 0 Å². The van der Waals surface area contributed by atoms with Crippen LogP contribution in [0.1, 0.15) is 16.5 Å². The molecule has 0 fully saturated rings. The number of hydrogen-bond acceptors (Lipinski definition) is 2. The van der Waals surface area contributed by atoms with Gasteiger partial charge in [0.25, 0.3) is 0 Å². The highest BCUT2D eigenvalue weighted by Crippen LogP contribution is 2.26. The van der Waals surface area contributed by atoms with Gasteiger partial charge in [0.15, 0.2) is 0 Å². The largest absolute Gasteiger partial charge is 0.312 e. The molecule has 0 saturated heterocycles. The molecule has 0 amide bonds. The predicted octanol–water partition coefficient (Wildman–Crippen LogP) is 4.04. The van der Waals surface area contributed by atoms with Crippen molar-refractivity contribution < 1.29 is 4.39 Å². The second-order valence-electron chi connectivity index (χ2n) is 3.80. The van der Waals surface area contributed by atoms with Crippen LogP contribution >= 0.6 is 22.9 Å². The summed E-state index contributed by atoms with van der Waals surface area (Å²) in [5.41, 5.74) is 0.959. The van der Waals surface area contributed by atoms with E-state index >= 15 is 0 Å². The summed E-state index contributed by atoms with van der Waals surface area (Å²) in [7, 11) is 1.92. The Morgan fingerprint density at radius 2 is 2.24 bits per heavy atom. The molecule has 1 nitrogen and oxygen atoms in total. The lowest BCUT2D eigenvalue weighted by atomic mass is 10.0. The Bertz CT molecular complexity index is 484. The smallest absolute Gasteiger partial charge is 0.124 e. The topological polar surface area (TPSA) is 12.0 Å². The molecule has 2 rings (SSSR count). The Labute approximate surface area is 109 Å². The Morgan fingerprint density at radius 1 is 1.41 bits per heavy atom. The van der Waals surface area contributed by atoms with Gasteiger partial charge in [-0.25, -0.2) is 4.39 Å². The average molecular weight is 270 g/mol. The number of nitrogens with one attached hydrogen (secondary N) is 1. The molecule has 17 heavy (non-hydrogen) atoms. The van der Waals surface area contributed by atoms with Gasteiger partial charge in [0.1, 0.15) is 5.82 Å². The third-order valence-corrected chi connectivity index (χ3v) is 4.01. The van der Waals surface area contributed by atoms with Gasteiger partial charge in [-0.1, -0.05) is 23.7 Å². The van der Waals surface area contributed by atoms with E-state index < -0.39 is 0 Å². The first-order chi connectivity index (χ1) is 8.20. The van der Waals surface area contributed by atoms with Crippen LogP contribution in [0, 0.1) is 5.82 Å². The molecule has 1 unspecified atom stereocenters. The van der Waals surface area contributed by atoms with E-state index in [0.29, 0.717) is 5.02 Å². The first kappa shape index (κ1) is 12.6.